The molecule has 0 radical (unpaired) electrons. The number of hydrogen-bond donors (Lipinski definition) is 0. The molecule has 0 spiro atoms. The lowest BCUT2D eigenvalue weighted by Gasteiger charge is -2.19. The lowest BCUT2D eigenvalue weighted by molar-refractivity contribution is 0.280. The van der Waals surface area contributed by atoms with Gasteiger partial charge < -0.3 is 0 Å². The Hall–Kier alpha value is -0.970. The Morgan fingerprint density at radius 3 is 2.67 bits per heavy atom. The van der Waals surface area contributed by atoms with Gasteiger partial charge in [0.15, 0.2) is 0 Å². The van der Waals surface area contributed by atoms with E-state index in [4.69, 9.17) is 11.6 Å². The molecular formula is C13H16ClN3S. The first kappa shape index (κ1) is 13.5. The number of likely N-dealkylation sites (N-methyl/N-ethyl adjacent to an activating group) is 1. The van der Waals surface area contributed by atoms with Gasteiger partial charge in [0.25, 0.3) is 0 Å². The van der Waals surface area contributed by atoms with Crippen molar-refractivity contribution in [2.45, 2.75) is 19.9 Å². The van der Waals surface area contributed by atoms with Crippen LogP contribution in [-0.4, -0.2) is 27.6 Å². The summed E-state index contributed by atoms with van der Waals surface area (Å²) >= 11 is 7.27. The number of aromatic nitrogens is 2. The summed E-state index contributed by atoms with van der Waals surface area (Å²) in [6, 6.07) is 10.5. The predicted octanol–water partition coefficient (Wildman–Crippen LogP) is 3.26. The first-order valence-electron chi connectivity index (χ1n) is 6.02. The van der Waals surface area contributed by atoms with Gasteiger partial charge in [-0.2, -0.15) is 0 Å². The van der Waals surface area contributed by atoms with Gasteiger partial charge in [0, 0.05) is 24.6 Å². The molecule has 2 rings (SSSR count). The minimum Gasteiger partial charge on any atom is -0.297 e. The van der Waals surface area contributed by atoms with Crippen molar-refractivity contribution < 1.29 is 0 Å². The zero-order chi connectivity index (χ0) is 12.8. The Bertz CT molecular complexity index is 472. The monoisotopic (exact) mass is 281 g/mol. The summed E-state index contributed by atoms with van der Waals surface area (Å²) in [6.07, 6.45) is 1.05. The zero-order valence-corrected chi connectivity index (χ0v) is 11.9. The summed E-state index contributed by atoms with van der Waals surface area (Å²) in [6.45, 7) is 4.92. The van der Waals surface area contributed by atoms with Gasteiger partial charge in [-0.3, -0.25) is 4.90 Å². The van der Waals surface area contributed by atoms with Gasteiger partial charge in [0.05, 0.1) is 0 Å². The second-order valence-electron chi connectivity index (χ2n) is 4.10. The summed E-state index contributed by atoms with van der Waals surface area (Å²) in [7, 11) is 0. The van der Waals surface area contributed by atoms with Crippen LogP contribution in [0.3, 0.4) is 0 Å². The topological polar surface area (TPSA) is 29.0 Å². The number of rotatable bonds is 6. The highest BCUT2D eigenvalue weighted by Crippen LogP contribution is 2.18. The summed E-state index contributed by atoms with van der Waals surface area (Å²) in [4.78, 5) is 2.33. The minimum atomic E-state index is 0.702. The molecule has 1 heterocycles. The van der Waals surface area contributed by atoms with Crippen molar-refractivity contribution >= 4 is 23.1 Å². The summed E-state index contributed by atoms with van der Waals surface area (Å²) < 4.78 is 4.56. The van der Waals surface area contributed by atoms with Gasteiger partial charge in [-0.25, -0.2) is 0 Å². The third-order valence-corrected chi connectivity index (χ3v) is 3.87. The Kier molecular flexibility index (Phi) is 5.11. The maximum absolute atomic E-state index is 6.02. The molecule has 1 aromatic heterocycles. The number of nitrogens with zero attached hydrogens (tertiary/aromatic N) is 3. The molecule has 18 heavy (non-hydrogen) atoms. The van der Waals surface area contributed by atoms with Gasteiger partial charge in [-0.05, 0) is 18.5 Å². The van der Waals surface area contributed by atoms with Gasteiger partial charge in [-0.1, -0.05) is 53.3 Å². The van der Waals surface area contributed by atoms with Crippen LogP contribution >= 0.6 is 23.1 Å². The van der Waals surface area contributed by atoms with Crippen molar-refractivity contribution in [3.8, 4) is 0 Å². The fourth-order valence-corrected chi connectivity index (χ4v) is 2.40. The Labute approximate surface area is 117 Å². The third kappa shape index (κ3) is 3.77. The molecule has 0 aliphatic rings. The standard InChI is InChI=1S/C13H16ClN3S/c1-2-17(10-12-13(14)18-16-15-12)9-8-11-6-4-3-5-7-11/h3-7H,2,8-10H2,1H3. The van der Waals surface area contributed by atoms with Crippen LogP contribution < -0.4 is 0 Å². The normalized spacial score (nSPS) is 11.1. The van der Waals surface area contributed by atoms with E-state index in [2.05, 4.69) is 45.7 Å². The van der Waals surface area contributed by atoms with E-state index in [0.717, 1.165) is 31.7 Å². The second kappa shape index (κ2) is 6.83. The van der Waals surface area contributed by atoms with Crippen molar-refractivity contribution in [1.82, 2.24) is 14.5 Å². The van der Waals surface area contributed by atoms with Gasteiger partial charge in [-0.15, -0.1) is 5.10 Å². The van der Waals surface area contributed by atoms with E-state index in [0.29, 0.717) is 4.34 Å². The molecule has 3 nitrogen and oxygen atoms in total. The van der Waals surface area contributed by atoms with E-state index in [-0.39, 0.29) is 0 Å². The molecule has 2 aromatic rings. The van der Waals surface area contributed by atoms with Crippen LogP contribution in [0.1, 0.15) is 18.2 Å². The SMILES string of the molecule is CCN(CCc1ccccc1)Cc1nnsc1Cl. The smallest absolute Gasteiger partial charge is 0.138 e. The average Bonchev–Trinajstić information content (AvgIpc) is 2.81. The molecule has 0 amide bonds. The largest absolute Gasteiger partial charge is 0.297 e. The molecule has 0 atom stereocenters. The van der Waals surface area contributed by atoms with E-state index in [1.807, 2.05) is 6.07 Å². The molecular weight excluding hydrogens is 266 g/mol. The van der Waals surface area contributed by atoms with Crippen LogP contribution in [0.5, 0.6) is 0 Å². The fourth-order valence-electron chi connectivity index (χ4n) is 1.78. The maximum atomic E-state index is 6.02. The zero-order valence-electron chi connectivity index (χ0n) is 10.3. The number of benzene rings is 1. The lowest BCUT2D eigenvalue weighted by atomic mass is 10.1. The Balaban J connectivity index is 1.88. The highest BCUT2D eigenvalue weighted by molar-refractivity contribution is 7.10. The highest BCUT2D eigenvalue weighted by atomic mass is 35.5. The van der Waals surface area contributed by atoms with Crippen LogP contribution in [0, 0.1) is 0 Å². The van der Waals surface area contributed by atoms with Crippen LogP contribution in [0.2, 0.25) is 4.34 Å². The molecule has 0 N–H and O–H groups in total. The van der Waals surface area contributed by atoms with Crippen molar-refractivity contribution in [1.29, 1.82) is 0 Å². The first-order chi connectivity index (χ1) is 8.79. The van der Waals surface area contributed by atoms with Crippen molar-refractivity contribution in [3.05, 3.63) is 45.9 Å². The van der Waals surface area contributed by atoms with E-state index < -0.39 is 0 Å². The number of halogens is 1. The van der Waals surface area contributed by atoms with Crippen molar-refractivity contribution in [2.24, 2.45) is 0 Å². The molecule has 5 heteroatoms. The second-order valence-corrected chi connectivity index (χ2v) is 5.45. The average molecular weight is 282 g/mol. The molecule has 0 saturated carbocycles. The molecule has 0 aliphatic carbocycles. The van der Waals surface area contributed by atoms with Crippen molar-refractivity contribution in [2.75, 3.05) is 13.1 Å². The van der Waals surface area contributed by atoms with Gasteiger partial charge in [0.1, 0.15) is 10.0 Å². The quantitative estimate of drug-likeness (QED) is 0.814. The molecule has 0 unspecified atom stereocenters. The predicted molar refractivity (Wildman–Crippen MR) is 76.0 cm³/mol. The van der Waals surface area contributed by atoms with E-state index in [1.54, 1.807) is 0 Å². The van der Waals surface area contributed by atoms with E-state index >= 15 is 0 Å². The molecule has 0 fully saturated rings. The molecule has 96 valence electrons. The summed E-state index contributed by atoms with van der Waals surface area (Å²) in [5, 5.41) is 4.05. The van der Waals surface area contributed by atoms with Crippen LogP contribution in [0.15, 0.2) is 30.3 Å². The van der Waals surface area contributed by atoms with E-state index in [1.165, 1.54) is 17.1 Å². The van der Waals surface area contributed by atoms with Gasteiger partial charge in [0.2, 0.25) is 0 Å². The minimum absolute atomic E-state index is 0.702. The lowest BCUT2D eigenvalue weighted by Crippen LogP contribution is -2.25. The molecule has 0 bridgehead atoms. The highest BCUT2D eigenvalue weighted by Gasteiger charge is 2.10. The van der Waals surface area contributed by atoms with Crippen LogP contribution in [-0.2, 0) is 13.0 Å². The van der Waals surface area contributed by atoms with Crippen LogP contribution in [0.25, 0.3) is 0 Å². The first-order valence-corrected chi connectivity index (χ1v) is 7.17. The molecule has 1 aromatic carbocycles. The van der Waals surface area contributed by atoms with Gasteiger partial charge >= 0.3 is 0 Å². The fraction of sp³-hybridized carbons (Fsp3) is 0.385. The Morgan fingerprint density at radius 1 is 1.28 bits per heavy atom. The molecule has 0 saturated heterocycles. The maximum Gasteiger partial charge on any atom is 0.138 e. The van der Waals surface area contributed by atoms with Crippen molar-refractivity contribution in [3.63, 3.8) is 0 Å². The summed E-state index contributed by atoms with van der Waals surface area (Å²) in [5.41, 5.74) is 2.25. The Morgan fingerprint density at radius 2 is 2.06 bits per heavy atom. The number of hydrogen-bond acceptors (Lipinski definition) is 4. The molecule has 0 aliphatic heterocycles. The van der Waals surface area contributed by atoms with Crippen LogP contribution in [0.4, 0.5) is 0 Å². The van der Waals surface area contributed by atoms with E-state index in [9.17, 15) is 0 Å². The summed E-state index contributed by atoms with van der Waals surface area (Å²) in [5.74, 6) is 0. The third-order valence-electron chi connectivity index (χ3n) is 2.89.